The van der Waals surface area contributed by atoms with Gasteiger partial charge in [-0.2, -0.15) is 11.8 Å². The lowest BCUT2D eigenvalue weighted by Crippen LogP contribution is -2.38. The number of thioether (sulfide) groups is 1. The molecule has 0 atom stereocenters. The molecule has 3 nitrogen and oxygen atoms in total. The largest absolute Gasteiger partial charge is 0.356 e. The van der Waals surface area contributed by atoms with Crippen molar-refractivity contribution in [1.82, 2.24) is 10.6 Å². The monoisotopic (exact) mass is 273 g/mol. The maximum Gasteiger partial charge on any atom is 0.190 e. The van der Waals surface area contributed by atoms with Crippen LogP contribution in [0.5, 0.6) is 0 Å². The molecule has 0 bridgehead atoms. The van der Waals surface area contributed by atoms with Gasteiger partial charge in [0.2, 0.25) is 0 Å². The number of aliphatic imine (C=N–C) groups is 1. The number of hydrogen-bond donors (Lipinski definition) is 2. The Hall–Kier alpha value is -0.380. The molecule has 0 aliphatic carbocycles. The third-order valence-electron chi connectivity index (χ3n) is 2.79. The fourth-order valence-corrected chi connectivity index (χ4v) is 2.18. The molecule has 0 spiro atoms. The molecule has 0 fully saturated rings. The smallest absolute Gasteiger partial charge is 0.190 e. The van der Waals surface area contributed by atoms with E-state index in [2.05, 4.69) is 35.7 Å². The van der Waals surface area contributed by atoms with Crippen molar-refractivity contribution in [2.45, 2.75) is 46.0 Å². The summed E-state index contributed by atoms with van der Waals surface area (Å²) in [4.78, 5) is 4.23. The van der Waals surface area contributed by atoms with Crippen LogP contribution >= 0.6 is 11.8 Å². The molecule has 0 saturated heterocycles. The van der Waals surface area contributed by atoms with E-state index in [1.54, 1.807) is 0 Å². The van der Waals surface area contributed by atoms with E-state index >= 15 is 0 Å². The molecule has 2 N–H and O–H groups in total. The van der Waals surface area contributed by atoms with Crippen molar-refractivity contribution in [2.75, 3.05) is 32.1 Å². The maximum atomic E-state index is 4.23. The van der Waals surface area contributed by atoms with E-state index < -0.39 is 0 Å². The van der Waals surface area contributed by atoms with Crippen LogP contribution in [-0.2, 0) is 0 Å². The Morgan fingerprint density at radius 2 is 1.67 bits per heavy atom. The zero-order valence-corrected chi connectivity index (χ0v) is 13.4. The van der Waals surface area contributed by atoms with Gasteiger partial charge in [-0.25, -0.2) is 0 Å². The molecular weight excluding hydrogens is 242 g/mol. The van der Waals surface area contributed by atoms with Crippen LogP contribution in [0.3, 0.4) is 0 Å². The summed E-state index contributed by atoms with van der Waals surface area (Å²) < 4.78 is 0. The number of nitrogens with one attached hydrogen (secondary N) is 2. The lowest BCUT2D eigenvalue weighted by Gasteiger charge is -2.12. The lowest BCUT2D eigenvalue weighted by atomic mass is 10.1. The first kappa shape index (κ1) is 17.6. The van der Waals surface area contributed by atoms with E-state index in [4.69, 9.17) is 0 Å². The van der Waals surface area contributed by atoms with E-state index in [0.29, 0.717) is 0 Å². The molecule has 0 aliphatic rings. The van der Waals surface area contributed by atoms with Gasteiger partial charge in [0.05, 0.1) is 0 Å². The van der Waals surface area contributed by atoms with Gasteiger partial charge in [-0.15, -0.1) is 0 Å². The van der Waals surface area contributed by atoms with Crippen molar-refractivity contribution in [3.05, 3.63) is 0 Å². The van der Waals surface area contributed by atoms with Gasteiger partial charge in [-0.1, -0.05) is 26.7 Å². The Balaban J connectivity index is 3.42. The quantitative estimate of drug-likeness (QED) is 0.365. The minimum absolute atomic E-state index is 0.818. The minimum Gasteiger partial charge on any atom is -0.356 e. The molecule has 0 amide bonds. The zero-order chi connectivity index (χ0) is 13.6. The summed E-state index contributed by atoms with van der Waals surface area (Å²) in [6.45, 7) is 6.61. The highest BCUT2D eigenvalue weighted by Crippen LogP contribution is 2.04. The van der Waals surface area contributed by atoms with Gasteiger partial charge in [-0.05, 0) is 37.2 Å². The van der Waals surface area contributed by atoms with Gasteiger partial charge in [0, 0.05) is 20.1 Å². The van der Waals surface area contributed by atoms with E-state index in [1.807, 2.05) is 18.8 Å². The molecular formula is C14H31N3S. The molecule has 0 aromatic rings. The first-order valence-corrected chi connectivity index (χ1v) is 8.53. The molecule has 0 rings (SSSR count). The minimum atomic E-state index is 0.818. The number of guanidine groups is 1. The van der Waals surface area contributed by atoms with Crippen LogP contribution in [0.25, 0.3) is 0 Å². The highest BCUT2D eigenvalue weighted by Gasteiger charge is 1.97. The van der Waals surface area contributed by atoms with Crippen LogP contribution in [0.4, 0.5) is 0 Å². The van der Waals surface area contributed by atoms with Crippen LogP contribution in [0.1, 0.15) is 46.0 Å². The first-order chi connectivity index (χ1) is 8.70. The Bertz CT molecular complexity index is 205. The predicted molar refractivity (Wildman–Crippen MR) is 85.7 cm³/mol. The summed E-state index contributed by atoms with van der Waals surface area (Å²) >= 11 is 1.91. The molecule has 0 radical (unpaired) electrons. The Labute approximate surface area is 118 Å². The standard InChI is InChI=1S/C14H31N3S/c1-13(2)9-5-6-10-16-14(15-3)17-11-7-8-12-18-4/h13H,5-12H2,1-4H3,(H2,15,16,17). The molecule has 108 valence electrons. The average molecular weight is 273 g/mol. The Kier molecular flexibility index (Phi) is 12.8. The number of unbranched alkanes of at least 4 members (excludes halogenated alkanes) is 2. The fourth-order valence-electron chi connectivity index (χ4n) is 1.68. The molecule has 18 heavy (non-hydrogen) atoms. The average Bonchev–Trinajstić information content (AvgIpc) is 2.35. The van der Waals surface area contributed by atoms with Crippen molar-refractivity contribution in [3.63, 3.8) is 0 Å². The summed E-state index contributed by atoms with van der Waals surface area (Å²) in [6.07, 6.45) is 8.50. The van der Waals surface area contributed by atoms with Crippen molar-refractivity contribution in [3.8, 4) is 0 Å². The molecule has 0 heterocycles. The second-order valence-corrected chi connectivity index (χ2v) is 6.00. The van der Waals surface area contributed by atoms with Crippen LogP contribution < -0.4 is 10.6 Å². The van der Waals surface area contributed by atoms with Gasteiger partial charge < -0.3 is 10.6 Å². The molecule has 0 aromatic heterocycles. The van der Waals surface area contributed by atoms with Gasteiger partial charge in [0.25, 0.3) is 0 Å². The van der Waals surface area contributed by atoms with Crippen molar-refractivity contribution in [2.24, 2.45) is 10.9 Å². The van der Waals surface area contributed by atoms with Gasteiger partial charge in [0.1, 0.15) is 0 Å². The highest BCUT2D eigenvalue weighted by atomic mass is 32.2. The van der Waals surface area contributed by atoms with Crippen molar-refractivity contribution in [1.29, 1.82) is 0 Å². The molecule has 0 saturated carbocycles. The summed E-state index contributed by atoms with van der Waals surface area (Å²) in [5, 5.41) is 6.73. The Morgan fingerprint density at radius 3 is 2.17 bits per heavy atom. The fraction of sp³-hybridized carbons (Fsp3) is 0.929. The van der Waals surface area contributed by atoms with E-state index in [-0.39, 0.29) is 0 Å². The van der Waals surface area contributed by atoms with Crippen molar-refractivity contribution < 1.29 is 0 Å². The lowest BCUT2D eigenvalue weighted by molar-refractivity contribution is 0.534. The molecule has 0 aliphatic heterocycles. The van der Waals surface area contributed by atoms with Crippen LogP contribution in [0.2, 0.25) is 0 Å². The summed E-state index contributed by atoms with van der Waals surface area (Å²) in [5.74, 6) is 3.02. The van der Waals surface area contributed by atoms with Gasteiger partial charge in [0.15, 0.2) is 5.96 Å². The highest BCUT2D eigenvalue weighted by molar-refractivity contribution is 7.98. The van der Waals surface area contributed by atoms with Gasteiger partial charge in [-0.3, -0.25) is 4.99 Å². The van der Waals surface area contributed by atoms with Crippen molar-refractivity contribution >= 4 is 17.7 Å². The molecule has 0 unspecified atom stereocenters. The third kappa shape index (κ3) is 12.1. The SMILES string of the molecule is CN=C(NCCCCSC)NCCCCC(C)C. The van der Waals surface area contributed by atoms with E-state index in [1.165, 1.54) is 37.9 Å². The zero-order valence-electron chi connectivity index (χ0n) is 12.6. The first-order valence-electron chi connectivity index (χ1n) is 7.14. The van der Waals surface area contributed by atoms with Gasteiger partial charge >= 0.3 is 0 Å². The number of hydrogen-bond acceptors (Lipinski definition) is 2. The maximum absolute atomic E-state index is 4.23. The molecule has 0 aromatic carbocycles. The number of nitrogens with zero attached hydrogens (tertiary/aromatic N) is 1. The summed E-state index contributed by atoms with van der Waals surface area (Å²) in [6, 6.07) is 0. The predicted octanol–water partition coefficient (Wildman–Crippen LogP) is 3.12. The van der Waals surface area contributed by atoms with Crippen LogP contribution in [0, 0.1) is 5.92 Å². The third-order valence-corrected chi connectivity index (χ3v) is 3.49. The Morgan fingerprint density at radius 1 is 1.06 bits per heavy atom. The summed E-state index contributed by atoms with van der Waals surface area (Å²) in [5.41, 5.74) is 0. The van der Waals surface area contributed by atoms with Crippen LogP contribution in [0.15, 0.2) is 4.99 Å². The van der Waals surface area contributed by atoms with Crippen LogP contribution in [-0.4, -0.2) is 38.1 Å². The van der Waals surface area contributed by atoms with E-state index in [9.17, 15) is 0 Å². The number of rotatable bonds is 10. The second-order valence-electron chi connectivity index (χ2n) is 5.02. The topological polar surface area (TPSA) is 36.4 Å². The molecule has 4 heteroatoms. The summed E-state index contributed by atoms with van der Waals surface area (Å²) in [7, 11) is 1.84. The second kappa shape index (κ2) is 13.1. The normalized spacial score (nSPS) is 11.9. The van der Waals surface area contributed by atoms with E-state index in [0.717, 1.165) is 25.0 Å².